The topological polar surface area (TPSA) is 24.4 Å². The van der Waals surface area contributed by atoms with Gasteiger partial charge in [0.2, 0.25) is 0 Å². The van der Waals surface area contributed by atoms with E-state index in [1.54, 1.807) is 17.8 Å². The molecular weight excluding hydrogens is 339 g/mol. The monoisotopic (exact) mass is 356 g/mol. The highest BCUT2D eigenvalue weighted by Crippen LogP contribution is 2.35. The van der Waals surface area contributed by atoms with Crippen LogP contribution in [-0.2, 0) is 0 Å². The van der Waals surface area contributed by atoms with Gasteiger partial charge < -0.3 is 5.32 Å². The van der Waals surface area contributed by atoms with Crippen LogP contribution in [0.25, 0.3) is 0 Å². The maximum atomic E-state index is 13.6. The van der Waals surface area contributed by atoms with Gasteiger partial charge in [-0.1, -0.05) is 24.6 Å². The lowest BCUT2D eigenvalue weighted by Crippen LogP contribution is -2.31. The van der Waals surface area contributed by atoms with Crippen LogP contribution >= 0.6 is 27.7 Å². The van der Waals surface area contributed by atoms with Crippen molar-refractivity contribution < 1.29 is 4.39 Å². The van der Waals surface area contributed by atoms with Crippen LogP contribution in [0.5, 0.6) is 0 Å². The zero-order valence-electron chi connectivity index (χ0n) is 11.5. The summed E-state index contributed by atoms with van der Waals surface area (Å²) in [6.45, 7) is 1.98. The maximum absolute atomic E-state index is 13.6. The molecule has 1 N–H and O–H groups in total. The average molecular weight is 357 g/mol. The van der Waals surface area contributed by atoms with Crippen molar-refractivity contribution in [3.05, 3.63) is 28.0 Å². The van der Waals surface area contributed by atoms with Crippen molar-refractivity contribution in [1.82, 2.24) is 0 Å². The van der Waals surface area contributed by atoms with E-state index in [9.17, 15) is 4.39 Å². The Morgan fingerprint density at radius 2 is 2.15 bits per heavy atom. The fourth-order valence-corrected chi connectivity index (χ4v) is 4.50. The zero-order valence-corrected chi connectivity index (χ0v) is 13.9. The summed E-state index contributed by atoms with van der Waals surface area (Å²) in [5, 5.41) is 4.24. The van der Waals surface area contributed by atoms with Gasteiger partial charge in [-0.15, -0.1) is 0 Å². The first-order chi connectivity index (χ1) is 9.63. The Bertz CT molecular complexity index is 547. The highest BCUT2D eigenvalue weighted by molar-refractivity contribution is 9.10. The van der Waals surface area contributed by atoms with Gasteiger partial charge in [-0.3, -0.25) is 4.99 Å². The molecule has 108 valence electrons. The lowest BCUT2D eigenvalue weighted by atomic mass is 9.86. The smallest absolute Gasteiger partial charge is 0.161 e. The highest BCUT2D eigenvalue weighted by Gasteiger charge is 2.29. The van der Waals surface area contributed by atoms with Crippen LogP contribution in [0.2, 0.25) is 0 Å². The fourth-order valence-electron chi connectivity index (χ4n) is 2.89. The molecule has 0 saturated heterocycles. The summed E-state index contributed by atoms with van der Waals surface area (Å²) >= 11 is 4.98. The Balaban J connectivity index is 1.78. The molecule has 0 spiro atoms. The lowest BCUT2D eigenvalue weighted by molar-refractivity contribution is 0.336. The van der Waals surface area contributed by atoms with Gasteiger partial charge in [0, 0.05) is 11.4 Å². The molecule has 0 bridgehead atoms. The van der Waals surface area contributed by atoms with Crippen LogP contribution in [0.15, 0.2) is 21.6 Å². The van der Waals surface area contributed by atoms with E-state index in [1.807, 2.05) is 6.92 Å². The van der Waals surface area contributed by atoms with Gasteiger partial charge in [-0.2, -0.15) is 0 Å². The number of rotatable bonds is 1. The highest BCUT2D eigenvalue weighted by atomic mass is 79.9. The minimum Gasteiger partial charge on any atom is -0.335 e. The second-order valence-corrected chi connectivity index (χ2v) is 7.43. The van der Waals surface area contributed by atoms with Crippen LogP contribution in [0.4, 0.5) is 10.1 Å². The number of thioether (sulfide) groups is 1. The van der Waals surface area contributed by atoms with Crippen LogP contribution in [0.1, 0.15) is 31.2 Å². The number of nitrogens with zero attached hydrogens (tertiary/aromatic N) is 1. The zero-order chi connectivity index (χ0) is 14.1. The number of aryl methyl sites for hydroxylation is 1. The number of benzene rings is 1. The molecule has 2 nitrogen and oxygen atoms in total. The molecule has 0 amide bonds. The molecule has 3 rings (SSSR count). The van der Waals surface area contributed by atoms with Crippen LogP contribution in [0, 0.1) is 18.7 Å². The molecule has 1 aliphatic carbocycles. The standard InChI is InChI=1S/C15H18BrFN2S/c1-9-6-11(16)12(17)7-14(9)19-15-18-13-5-3-2-4-10(13)8-20-15/h6-7,10,13H,2-5,8H2,1H3,(H,18,19). The second kappa shape index (κ2) is 6.06. The normalized spacial score (nSPS) is 25.9. The third-order valence-corrected chi connectivity index (χ3v) is 5.78. The second-order valence-electron chi connectivity index (χ2n) is 5.56. The first-order valence-electron chi connectivity index (χ1n) is 7.07. The molecule has 1 saturated carbocycles. The van der Waals surface area contributed by atoms with E-state index in [2.05, 4.69) is 21.2 Å². The first-order valence-corrected chi connectivity index (χ1v) is 8.84. The Morgan fingerprint density at radius 1 is 1.35 bits per heavy atom. The summed E-state index contributed by atoms with van der Waals surface area (Å²) in [6, 6.07) is 3.80. The van der Waals surface area contributed by atoms with Crippen molar-refractivity contribution in [1.29, 1.82) is 0 Å². The molecule has 1 aliphatic heterocycles. The summed E-state index contributed by atoms with van der Waals surface area (Å²) in [5.41, 5.74) is 1.83. The number of fused-ring (bicyclic) bond motifs is 1. The molecule has 0 aromatic heterocycles. The van der Waals surface area contributed by atoms with E-state index in [4.69, 9.17) is 4.99 Å². The van der Waals surface area contributed by atoms with Gasteiger partial charge in [0.1, 0.15) is 5.82 Å². The number of hydrogen-bond acceptors (Lipinski definition) is 3. The van der Waals surface area contributed by atoms with E-state index < -0.39 is 0 Å². The Labute approximate surface area is 131 Å². The molecule has 20 heavy (non-hydrogen) atoms. The van der Waals surface area contributed by atoms with Crippen LogP contribution < -0.4 is 5.32 Å². The number of aliphatic imine (C=N–C) groups is 1. The molecule has 1 aromatic rings. The van der Waals surface area contributed by atoms with Gasteiger partial charge in [0.25, 0.3) is 0 Å². The quantitative estimate of drug-likeness (QED) is 0.767. The Morgan fingerprint density at radius 3 is 3.00 bits per heavy atom. The Hall–Kier alpha value is -0.550. The van der Waals surface area contributed by atoms with Crippen molar-refractivity contribution in [2.75, 3.05) is 11.1 Å². The average Bonchev–Trinajstić information content (AvgIpc) is 2.44. The SMILES string of the molecule is Cc1cc(Br)c(F)cc1NC1=NC2CCCCC2CS1. The van der Waals surface area contributed by atoms with Crippen LogP contribution in [0.3, 0.4) is 0 Å². The molecule has 2 aliphatic rings. The van der Waals surface area contributed by atoms with Crippen molar-refractivity contribution in [3.8, 4) is 0 Å². The van der Waals surface area contributed by atoms with E-state index >= 15 is 0 Å². The molecule has 1 fully saturated rings. The molecule has 2 unspecified atom stereocenters. The van der Waals surface area contributed by atoms with Crippen molar-refractivity contribution in [3.63, 3.8) is 0 Å². The summed E-state index contributed by atoms with van der Waals surface area (Å²) in [4.78, 5) is 4.83. The molecule has 0 radical (unpaired) electrons. The number of halogens is 2. The predicted octanol–water partition coefficient (Wildman–Crippen LogP) is 4.97. The van der Waals surface area contributed by atoms with E-state index in [1.165, 1.54) is 31.7 Å². The molecule has 2 atom stereocenters. The Kier molecular flexibility index (Phi) is 4.36. The number of nitrogens with one attached hydrogen (secondary N) is 1. The summed E-state index contributed by atoms with van der Waals surface area (Å²) in [6.07, 6.45) is 5.13. The number of anilines is 1. The third-order valence-electron chi connectivity index (χ3n) is 4.10. The lowest BCUT2D eigenvalue weighted by Gasteiger charge is -2.32. The van der Waals surface area contributed by atoms with Crippen molar-refractivity contribution in [2.24, 2.45) is 10.9 Å². The molecular formula is C15H18BrFN2S. The van der Waals surface area contributed by atoms with Gasteiger partial charge in [-0.25, -0.2) is 4.39 Å². The van der Waals surface area contributed by atoms with E-state index in [-0.39, 0.29) is 5.82 Å². The number of hydrogen-bond donors (Lipinski definition) is 1. The fraction of sp³-hybridized carbons (Fsp3) is 0.533. The largest absolute Gasteiger partial charge is 0.335 e. The minimum absolute atomic E-state index is 0.241. The molecule has 5 heteroatoms. The number of amidine groups is 1. The summed E-state index contributed by atoms with van der Waals surface area (Å²) in [7, 11) is 0. The predicted molar refractivity (Wildman–Crippen MR) is 88.1 cm³/mol. The third kappa shape index (κ3) is 3.03. The van der Waals surface area contributed by atoms with E-state index in [0.717, 1.165) is 28.1 Å². The molecule has 1 heterocycles. The first kappa shape index (κ1) is 14.4. The van der Waals surface area contributed by atoms with Gasteiger partial charge in [0.15, 0.2) is 5.17 Å². The van der Waals surface area contributed by atoms with Crippen molar-refractivity contribution >= 4 is 38.5 Å². The molecule has 1 aromatic carbocycles. The maximum Gasteiger partial charge on any atom is 0.161 e. The summed E-state index contributed by atoms with van der Waals surface area (Å²) < 4.78 is 14.2. The van der Waals surface area contributed by atoms with Gasteiger partial charge in [0.05, 0.1) is 10.5 Å². The van der Waals surface area contributed by atoms with Crippen molar-refractivity contribution in [2.45, 2.75) is 38.6 Å². The van der Waals surface area contributed by atoms with Gasteiger partial charge in [-0.05, 0) is 59.3 Å². The minimum atomic E-state index is -0.241. The van der Waals surface area contributed by atoms with E-state index in [0.29, 0.717) is 10.5 Å². The summed E-state index contributed by atoms with van der Waals surface area (Å²) in [5.74, 6) is 1.63. The van der Waals surface area contributed by atoms with Crippen LogP contribution in [-0.4, -0.2) is 17.0 Å². The van der Waals surface area contributed by atoms with Gasteiger partial charge >= 0.3 is 0 Å².